The number of esters is 1. The first kappa shape index (κ1) is 24.8. The van der Waals surface area contributed by atoms with Gasteiger partial charge in [-0.1, -0.05) is 0 Å². The number of hydrogen-bond donors (Lipinski definition) is 1. The number of rotatable bonds is 7. The van der Waals surface area contributed by atoms with Crippen molar-refractivity contribution >= 4 is 40.8 Å². The topological polar surface area (TPSA) is 142 Å². The zero-order chi connectivity index (χ0) is 25.8. The average molecular weight is 495 g/mol. The second-order valence-electron chi connectivity index (χ2n) is 8.38. The molecule has 2 saturated heterocycles. The van der Waals surface area contributed by atoms with Crippen molar-refractivity contribution in [1.82, 2.24) is 10.2 Å². The van der Waals surface area contributed by atoms with Gasteiger partial charge in [-0.3, -0.25) is 29.8 Å². The summed E-state index contributed by atoms with van der Waals surface area (Å²) in [6, 6.07) is 11.4. The van der Waals surface area contributed by atoms with E-state index in [-0.39, 0.29) is 24.6 Å². The van der Waals surface area contributed by atoms with Crippen molar-refractivity contribution < 1.29 is 28.8 Å². The monoisotopic (exact) mass is 495 g/mol. The van der Waals surface area contributed by atoms with Crippen LogP contribution in [0.5, 0.6) is 0 Å². The molecule has 0 bridgehead atoms. The van der Waals surface area contributed by atoms with Crippen LogP contribution in [0.25, 0.3) is 0 Å². The van der Waals surface area contributed by atoms with Crippen LogP contribution in [-0.2, 0) is 19.1 Å². The van der Waals surface area contributed by atoms with Crippen LogP contribution in [0.4, 0.5) is 17.1 Å². The third kappa shape index (κ3) is 5.18. The summed E-state index contributed by atoms with van der Waals surface area (Å²) in [6.07, 6.45) is -0.0706. The minimum absolute atomic E-state index is 0.0235. The third-order valence-corrected chi connectivity index (χ3v) is 6.25. The smallest absolute Gasteiger partial charge is 0.337 e. The lowest BCUT2D eigenvalue weighted by Crippen LogP contribution is -2.52. The Balaban J connectivity index is 1.28. The molecule has 2 aromatic carbocycles. The van der Waals surface area contributed by atoms with Gasteiger partial charge in [-0.15, -0.1) is 0 Å². The van der Waals surface area contributed by atoms with Crippen molar-refractivity contribution in [2.24, 2.45) is 0 Å². The van der Waals surface area contributed by atoms with Gasteiger partial charge in [0.05, 0.1) is 42.3 Å². The number of nitrogens with one attached hydrogen (secondary N) is 1. The number of nitro benzene ring substituents is 1. The number of methoxy groups -OCH3 is 1. The summed E-state index contributed by atoms with van der Waals surface area (Å²) in [7, 11) is 1.26. The van der Waals surface area contributed by atoms with Crippen molar-refractivity contribution in [2.45, 2.75) is 12.5 Å². The number of hydrogen-bond acceptors (Lipinski definition) is 9. The Morgan fingerprint density at radius 3 is 2.19 bits per heavy atom. The van der Waals surface area contributed by atoms with Crippen molar-refractivity contribution in [3.05, 3.63) is 64.2 Å². The molecular formula is C24H25N5O7. The van der Waals surface area contributed by atoms with Crippen LogP contribution in [0.3, 0.4) is 0 Å². The van der Waals surface area contributed by atoms with Crippen molar-refractivity contribution in [3.8, 4) is 0 Å². The van der Waals surface area contributed by atoms with Gasteiger partial charge < -0.3 is 14.5 Å². The SMILES string of the molecule is COC(=O)c1ccc(N2C(=O)C[C@@H](NCC(=O)N3CCN(c4ccc([N+](=O)[O-])cc4)CC3)C2=O)cc1. The van der Waals surface area contributed by atoms with Crippen LogP contribution >= 0.6 is 0 Å². The highest BCUT2D eigenvalue weighted by molar-refractivity contribution is 6.22. The molecule has 0 radical (unpaired) electrons. The summed E-state index contributed by atoms with van der Waals surface area (Å²) in [5.41, 5.74) is 1.51. The fourth-order valence-electron chi connectivity index (χ4n) is 4.25. The Kier molecular flexibility index (Phi) is 7.25. The maximum Gasteiger partial charge on any atom is 0.337 e. The Morgan fingerprint density at radius 1 is 1.00 bits per heavy atom. The highest BCUT2D eigenvalue weighted by Gasteiger charge is 2.39. The molecule has 188 valence electrons. The molecule has 2 aromatic rings. The lowest BCUT2D eigenvalue weighted by atomic mass is 10.2. The molecule has 2 aliphatic rings. The molecule has 0 aromatic heterocycles. The molecule has 0 aliphatic carbocycles. The van der Waals surface area contributed by atoms with Gasteiger partial charge in [0.25, 0.3) is 11.6 Å². The Labute approximate surface area is 206 Å². The summed E-state index contributed by atoms with van der Waals surface area (Å²) in [6.45, 7) is 1.98. The van der Waals surface area contributed by atoms with Crippen LogP contribution in [0.1, 0.15) is 16.8 Å². The molecular weight excluding hydrogens is 470 g/mol. The van der Waals surface area contributed by atoms with E-state index in [9.17, 15) is 29.3 Å². The Hall–Kier alpha value is -4.32. The number of benzene rings is 2. The maximum absolute atomic E-state index is 12.8. The fourth-order valence-corrected chi connectivity index (χ4v) is 4.25. The van der Waals surface area contributed by atoms with Crippen LogP contribution < -0.4 is 15.1 Å². The van der Waals surface area contributed by atoms with E-state index in [2.05, 4.69) is 10.1 Å². The van der Waals surface area contributed by atoms with Crippen molar-refractivity contribution in [2.75, 3.05) is 49.6 Å². The minimum atomic E-state index is -0.817. The van der Waals surface area contributed by atoms with E-state index in [1.807, 2.05) is 4.90 Å². The van der Waals surface area contributed by atoms with Gasteiger partial charge in [0.2, 0.25) is 11.8 Å². The average Bonchev–Trinajstić information content (AvgIpc) is 3.19. The molecule has 0 spiro atoms. The number of carbonyl (C=O) groups is 4. The summed E-state index contributed by atoms with van der Waals surface area (Å²) >= 11 is 0. The molecule has 2 aliphatic heterocycles. The first-order valence-electron chi connectivity index (χ1n) is 11.3. The highest BCUT2D eigenvalue weighted by atomic mass is 16.6. The number of amides is 3. The van der Waals surface area contributed by atoms with E-state index in [1.165, 1.54) is 43.5 Å². The molecule has 3 amide bonds. The van der Waals surface area contributed by atoms with Gasteiger partial charge in [-0.25, -0.2) is 9.69 Å². The van der Waals surface area contributed by atoms with Gasteiger partial charge in [0.1, 0.15) is 0 Å². The van der Waals surface area contributed by atoms with E-state index < -0.39 is 28.7 Å². The number of ether oxygens (including phenoxy) is 1. The molecule has 4 rings (SSSR count). The largest absolute Gasteiger partial charge is 0.465 e. The van der Waals surface area contributed by atoms with Crippen molar-refractivity contribution in [1.29, 1.82) is 0 Å². The first-order chi connectivity index (χ1) is 17.3. The first-order valence-corrected chi connectivity index (χ1v) is 11.3. The van der Waals surface area contributed by atoms with E-state index in [0.717, 1.165) is 10.6 Å². The summed E-state index contributed by atoms with van der Waals surface area (Å²) in [5, 5.41) is 13.7. The number of imide groups is 1. The summed E-state index contributed by atoms with van der Waals surface area (Å²) in [5.74, 6) is -1.55. The number of nitro groups is 1. The maximum atomic E-state index is 12.8. The summed E-state index contributed by atoms with van der Waals surface area (Å²) < 4.78 is 4.65. The number of piperazine rings is 1. The second-order valence-corrected chi connectivity index (χ2v) is 8.38. The van der Waals surface area contributed by atoms with Gasteiger partial charge in [-0.2, -0.15) is 0 Å². The highest BCUT2D eigenvalue weighted by Crippen LogP contribution is 2.24. The molecule has 2 fully saturated rings. The summed E-state index contributed by atoms with van der Waals surface area (Å²) in [4.78, 5) is 64.7. The number of anilines is 2. The quantitative estimate of drug-likeness (QED) is 0.257. The minimum Gasteiger partial charge on any atom is -0.465 e. The van der Waals surface area contributed by atoms with E-state index >= 15 is 0 Å². The van der Waals surface area contributed by atoms with Gasteiger partial charge >= 0.3 is 5.97 Å². The predicted molar refractivity (Wildman–Crippen MR) is 129 cm³/mol. The van der Waals surface area contributed by atoms with Gasteiger partial charge in [0, 0.05) is 44.0 Å². The number of nitrogens with zero attached hydrogens (tertiary/aromatic N) is 4. The molecule has 12 heteroatoms. The lowest BCUT2D eigenvalue weighted by molar-refractivity contribution is -0.384. The van der Waals surface area contributed by atoms with Crippen molar-refractivity contribution in [3.63, 3.8) is 0 Å². The molecule has 0 saturated carbocycles. The van der Waals surface area contributed by atoms with Crippen LogP contribution in [0, 0.1) is 10.1 Å². The Morgan fingerprint density at radius 2 is 1.61 bits per heavy atom. The van der Waals surface area contributed by atoms with E-state index in [1.54, 1.807) is 17.0 Å². The molecule has 12 nitrogen and oxygen atoms in total. The normalized spacial score (nSPS) is 17.9. The standard InChI is InChI=1S/C24H25N5O7/c1-36-24(33)16-2-4-18(5-3-16)28-21(30)14-20(23(28)32)25-15-22(31)27-12-10-26(11-13-27)17-6-8-19(9-7-17)29(34)35/h2-9,20,25H,10-15H2,1H3/t20-/m1/s1. The molecule has 1 atom stereocenters. The van der Waals surface area contributed by atoms with E-state index in [4.69, 9.17) is 0 Å². The van der Waals surface area contributed by atoms with Gasteiger partial charge in [0.15, 0.2) is 0 Å². The van der Waals surface area contributed by atoms with Crippen LogP contribution in [0.2, 0.25) is 0 Å². The number of non-ortho nitro benzene ring substituents is 1. The molecule has 36 heavy (non-hydrogen) atoms. The lowest BCUT2D eigenvalue weighted by Gasteiger charge is -2.36. The Bertz CT molecular complexity index is 1170. The van der Waals surface area contributed by atoms with E-state index in [0.29, 0.717) is 37.4 Å². The third-order valence-electron chi connectivity index (χ3n) is 6.25. The van der Waals surface area contributed by atoms with Gasteiger partial charge in [-0.05, 0) is 36.4 Å². The zero-order valence-electron chi connectivity index (χ0n) is 19.6. The zero-order valence-corrected chi connectivity index (χ0v) is 19.6. The second kappa shape index (κ2) is 10.5. The number of carbonyl (C=O) groups excluding carboxylic acids is 4. The molecule has 2 heterocycles. The predicted octanol–water partition coefficient (Wildman–Crippen LogP) is 0.952. The van der Waals surface area contributed by atoms with Crippen LogP contribution in [-0.4, -0.2) is 79.4 Å². The van der Waals surface area contributed by atoms with Crippen LogP contribution in [0.15, 0.2) is 48.5 Å². The molecule has 0 unspecified atom stereocenters. The fraction of sp³-hybridized carbons (Fsp3) is 0.333. The molecule has 1 N–H and O–H groups in total.